The molecule has 0 aromatic rings. The van der Waals surface area contributed by atoms with Crippen LogP contribution in [-0.2, 0) is 0 Å². The van der Waals surface area contributed by atoms with Crippen LogP contribution < -0.4 is 0 Å². The van der Waals surface area contributed by atoms with E-state index in [4.69, 9.17) is 0 Å². The topological polar surface area (TPSA) is 0 Å². The van der Waals surface area contributed by atoms with E-state index in [9.17, 15) is 0 Å². The van der Waals surface area contributed by atoms with Crippen LogP contribution in [0.1, 0.15) is 142 Å². The van der Waals surface area contributed by atoms with Crippen molar-refractivity contribution >= 4 is 0 Å². The van der Waals surface area contributed by atoms with E-state index in [0.717, 1.165) is 17.8 Å². The third-order valence-corrected chi connectivity index (χ3v) is 3.80. The van der Waals surface area contributed by atoms with Gasteiger partial charge in [-0.3, -0.25) is 0 Å². The molecule has 0 atom stereocenters. The van der Waals surface area contributed by atoms with E-state index in [1.807, 2.05) is 41.5 Å². The molecule has 156 valence electrons. The van der Waals surface area contributed by atoms with Crippen LogP contribution in [0, 0.1) is 17.8 Å². The zero-order chi connectivity index (χ0) is 17.1. The van der Waals surface area contributed by atoms with Crippen molar-refractivity contribution in [3.8, 4) is 0 Å². The molecule has 0 aliphatic heterocycles. The smallest absolute Gasteiger partial charge is 0.0412 e. The average Bonchev–Trinajstić information content (AvgIpc) is 3.38. The monoisotopic (exact) mass is 348 g/mol. The molecule has 0 unspecified atom stereocenters. The van der Waals surface area contributed by atoms with Crippen molar-refractivity contribution < 1.29 is 0 Å². The first-order valence-electron chi connectivity index (χ1n) is 10.2. The van der Waals surface area contributed by atoms with Gasteiger partial charge in [0.1, 0.15) is 0 Å². The van der Waals surface area contributed by atoms with Crippen LogP contribution in [0.5, 0.6) is 0 Å². The summed E-state index contributed by atoms with van der Waals surface area (Å²) in [6.07, 6.45) is 13.4. The highest BCUT2D eigenvalue weighted by Crippen LogP contribution is 2.34. The van der Waals surface area contributed by atoms with Crippen molar-refractivity contribution in [2.24, 2.45) is 17.8 Å². The van der Waals surface area contributed by atoms with E-state index >= 15 is 0 Å². The standard InChI is InChI=1S/C8H16.C7H14.3C2H6.3CH4/c1-2-8-6-4-3-5-7-8;1-6(2)5-7-3-4-7;3*1-2;;;/h8H,2-7H2,1H3;6-7H,3-5H2,1-2H3;3*1-2H3;3*1H4. The van der Waals surface area contributed by atoms with Gasteiger partial charge in [-0.1, -0.05) is 136 Å². The van der Waals surface area contributed by atoms with Crippen LogP contribution in [0.15, 0.2) is 0 Å². The Morgan fingerprint density at radius 1 is 0.625 bits per heavy atom. The maximum Gasteiger partial charge on any atom is -0.0412 e. The molecule has 0 spiro atoms. The Balaban J connectivity index is -0.0000000472. The summed E-state index contributed by atoms with van der Waals surface area (Å²) < 4.78 is 0. The first-order valence-corrected chi connectivity index (χ1v) is 10.2. The summed E-state index contributed by atoms with van der Waals surface area (Å²) in [7, 11) is 0. The minimum atomic E-state index is 0. The summed E-state index contributed by atoms with van der Waals surface area (Å²) in [5.74, 6) is 3.15. The Morgan fingerprint density at radius 2 is 1.00 bits per heavy atom. The molecule has 0 heterocycles. The molecule has 2 aliphatic rings. The van der Waals surface area contributed by atoms with Crippen molar-refractivity contribution in [2.75, 3.05) is 0 Å². The third-order valence-electron chi connectivity index (χ3n) is 3.80. The Morgan fingerprint density at radius 3 is 1.17 bits per heavy atom. The van der Waals surface area contributed by atoms with Gasteiger partial charge in [0.2, 0.25) is 0 Å². The predicted molar refractivity (Wildman–Crippen MR) is 123 cm³/mol. The molecule has 0 aromatic carbocycles. The highest BCUT2D eigenvalue weighted by atomic mass is 14.3. The molecule has 2 fully saturated rings. The summed E-state index contributed by atoms with van der Waals surface area (Å²) in [5, 5.41) is 0. The van der Waals surface area contributed by atoms with Gasteiger partial charge in [0.15, 0.2) is 0 Å². The van der Waals surface area contributed by atoms with E-state index in [0.29, 0.717) is 0 Å². The minimum absolute atomic E-state index is 0. The van der Waals surface area contributed by atoms with Crippen LogP contribution in [-0.4, -0.2) is 0 Å². The minimum Gasteiger partial charge on any atom is -0.0776 e. The molecule has 24 heavy (non-hydrogen) atoms. The maximum absolute atomic E-state index is 2.32. The second-order valence-electron chi connectivity index (χ2n) is 5.99. The van der Waals surface area contributed by atoms with Gasteiger partial charge < -0.3 is 0 Å². The summed E-state index contributed by atoms with van der Waals surface area (Å²) in [5.41, 5.74) is 0. The van der Waals surface area contributed by atoms with Crippen molar-refractivity contribution in [1.82, 2.24) is 0 Å². The van der Waals surface area contributed by atoms with Crippen LogP contribution >= 0.6 is 0 Å². The lowest BCUT2D eigenvalue weighted by atomic mass is 9.88. The van der Waals surface area contributed by atoms with Gasteiger partial charge in [0.05, 0.1) is 0 Å². The fourth-order valence-electron chi connectivity index (χ4n) is 2.62. The Hall–Kier alpha value is 0. The van der Waals surface area contributed by atoms with Crippen molar-refractivity contribution in [1.29, 1.82) is 0 Å². The fourth-order valence-corrected chi connectivity index (χ4v) is 2.62. The summed E-state index contributed by atoms with van der Waals surface area (Å²) in [6.45, 7) is 18.9. The van der Waals surface area contributed by atoms with Crippen molar-refractivity contribution in [3.63, 3.8) is 0 Å². The first kappa shape index (κ1) is 39.2. The highest BCUT2D eigenvalue weighted by Gasteiger charge is 2.21. The lowest BCUT2D eigenvalue weighted by molar-refractivity contribution is 0.349. The molecule has 2 aliphatic carbocycles. The number of rotatable bonds is 3. The quantitative estimate of drug-likeness (QED) is 0.475. The zero-order valence-electron chi connectivity index (χ0n) is 17.1. The van der Waals surface area contributed by atoms with E-state index in [1.54, 1.807) is 0 Å². The van der Waals surface area contributed by atoms with E-state index < -0.39 is 0 Å². The second kappa shape index (κ2) is 34.4. The molecule has 0 aromatic heterocycles. The Kier molecular flexibility index (Phi) is 56.1. The van der Waals surface area contributed by atoms with E-state index in [2.05, 4.69) is 20.8 Å². The third kappa shape index (κ3) is 33.6. The molecule has 0 N–H and O–H groups in total. The molecule has 2 saturated carbocycles. The predicted octanol–water partition coefficient (Wildman–Crippen LogP) is 10.4. The lowest BCUT2D eigenvalue weighted by Crippen LogP contribution is -2.03. The van der Waals surface area contributed by atoms with Crippen molar-refractivity contribution in [2.45, 2.75) is 142 Å². The lowest BCUT2D eigenvalue weighted by Gasteiger charge is -2.18. The molecular formula is C24H60. The van der Waals surface area contributed by atoms with E-state index in [1.165, 1.54) is 57.8 Å². The van der Waals surface area contributed by atoms with Gasteiger partial charge >= 0.3 is 0 Å². The molecule has 0 amide bonds. The fraction of sp³-hybridized carbons (Fsp3) is 1.00. The van der Waals surface area contributed by atoms with Gasteiger partial charge in [0.25, 0.3) is 0 Å². The number of hydrogen-bond acceptors (Lipinski definition) is 0. The SMILES string of the molecule is C.C.C.CC.CC.CC.CC(C)CC1CC1.CCC1CCCCC1. The highest BCUT2D eigenvalue weighted by molar-refractivity contribution is 4.73. The molecule has 0 heteroatoms. The second-order valence-corrected chi connectivity index (χ2v) is 5.99. The van der Waals surface area contributed by atoms with Gasteiger partial charge in [-0.05, 0) is 24.2 Å². The summed E-state index contributed by atoms with van der Waals surface area (Å²) in [6, 6.07) is 0. The van der Waals surface area contributed by atoms with Gasteiger partial charge in [-0.25, -0.2) is 0 Å². The average molecular weight is 349 g/mol. The van der Waals surface area contributed by atoms with Crippen molar-refractivity contribution in [3.05, 3.63) is 0 Å². The molecular weight excluding hydrogens is 288 g/mol. The van der Waals surface area contributed by atoms with Crippen LogP contribution in [0.4, 0.5) is 0 Å². The summed E-state index contributed by atoms with van der Waals surface area (Å²) >= 11 is 0. The van der Waals surface area contributed by atoms with Gasteiger partial charge in [0, 0.05) is 0 Å². The molecule has 0 saturated heterocycles. The van der Waals surface area contributed by atoms with Gasteiger partial charge in [-0.15, -0.1) is 0 Å². The Bertz CT molecular complexity index is 138. The zero-order valence-corrected chi connectivity index (χ0v) is 17.1. The van der Waals surface area contributed by atoms with E-state index in [-0.39, 0.29) is 22.3 Å². The molecule has 2 rings (SSSR count). The van der Waals surface area contributed by atoms with Crippen LogP contribution in [0.25, 0.3) is 0 Å². The normalized spacial score (nSPS) is 14.8. The largest absolute Gasteiger partial charge is 0.0776 e. The summed E-state index contributed by atoms with van der Waals surface area (Å²) in [4.78, 5) is 0. The molecule has 0 nitrogen and oxygen atoms in total. The first-order chi connectivity index (χ1) is 10.2. The Labute approximate surface area is 160 Å². The molecule has 0 bridgehead atoms. The van der Waals surface area contributed by atoms with Crippen LogP contribution in [0.2, 0.25) is 0 Å². The molecule has 0 radical (unpaired) electrons. The number of hydrogen-bond donors (Lipinski definition) is 0. The maximum atomic E-state index is 2.32. The van der Waals surface area contributed by atoms with Gasteiger partial charge in [-0.2, -0.15) is 0 Å². The van der Waals surface area contributed by atoms with Crippen LogP contribution in [0.3, 0.4) is 0 Å².